The predicted octanol–water partition coefficient (Wildman–Crippen LogP) is 3.56. The molecule has 0 amide bonds. The van der Waals surface area contributed by atoms with Gasteiger partial charge < -0.3 is 4.90 Å². The van der Waals surface area contributed by atoms with E-state index in [-0.39, 0.29) is 0 Å². The van der Waals surface area contributed by atoms with Gasteiger partial charge in [-0.2, -0.15) is 0 Å². The van der Waals surface area contributed by atoms with Gasteiger partial charge in [0.2, 0.25) is 0 Å². The Hall–Kier alpha value is -1.24. The van der Waals surface area contributed by atoms with Crippen LogP contribution in [0.3, 0.4) is 0 Å². The van der Waals surface area contributed by atoms with Crippen LogP contribution in [0.4, 0.5) is 0 Å². The molecule has 0 bridgehead atoms. The third-order valence-corrected chi connectivity index (χ3v) is 2.69. The molecule has 0 fully saturated rings. The Balaban J connectivity index is 2.81. The molecule has 1 heteroatoms. The van der Waals surface area contributed by atoms with E-state index >= 15 is 0 Å². The summed E-state index contributed by atoms with van der Waals surface area (Å²) in [5.74, 6) is 0. The van der Waals surface area contributed by atoms with Crippen LogP contribution in [0.25, 0.3) is 5.70 Å². The molecule has 0 atom stereocenters. The molecule has 0 aliphatic heterocycles. The van der Waals surface area contributed by atoms with E-state index in [1.165, 1.54) is 11.1 Å². The second-order valence-corrected chi connectivity index (χ2v) is 3.92. The molecular formula is C14H21N. The smallest absolute Gasteiger partial charge is 0.0364 e. The van der Waals surface area contributed by atoms with E-state index in [9.17, 15) is 0 Å². The van der Waals surface area contributed by atoms with Crippen molar-refractivity contribution in [2.75, 3.05) is 13.6 Å². The first-order chi connectivity index (χ1) is 7.19. The summed E-state index contributed by atoms with van der Waals surface area (Å²) in [5, 5.41) is 0. The minimum absolute atomic E-state index is 1.06. The molecule has 1 rings (SSSR count). The summed E-state index contributed by atoms with van der Waals surface area (Å²) in [6.07, 6.45) is 2.24. The molecule has 1 nitrogen and oxygen atoms in total. The summed E-state index contributed by atoms with van der Waals surface area (Å²) in [7, 11) is 2.10. The van der Waals surface area contributed by atoms with E-state index in [0.29, 0.717) is 0 Å². The molecule has 0 saturated carbocycles. The maximum Gasteiger partial charge on any atom is 0.0364 e. The molecular weight excluding hydrogens is 182 g/mol. The van der Waals surface area contributed by atoms with Gasteiger partial charge in [-0.1, -0.05) is 38.6 Å². The van der Waals surface area contributed by atoms with Crippen molar-refractivity contribution < 1.29 is 0 Å². The van der Waals surface area contributed by atoms with Crippen LogP contribution in [0.5, 0.6) is 0 Å². The topological polar surface area (TPSA) is 3.24 Å². The van der Waals surface area contributed by atoms with Gasteiger partial charge in [-0.25, -0.2) is 0 Å². The Morgan fingerprint density at radius 2 is 2.07 bits per heavy atom. The molecule has 15 heavy (non-hydrogen) atoms. The molecule has 0 aromatic heterocycles. The van der Waals surface area contributed by atoms with Crippen molar-refractivity contribution in [3.05, 3.63) is 42.0 Å². The molecule has 82 valence electrons. The molecule has 0 N–H and O–H groups in total. The minimum atomic E-state index is 1.06. The third kappa shape index (κ3) is 3.12. The SMILES string of the molecule is C=C(c1cccc(CC)c1)N(C)CCC. The van der Waals surface area contributed by atoms with Crippen LogP contribution in [0.2, 0.25) is 0 Å². The highest BCUT2D eigenvalue weighted by Crippen LogP contribution is 2.17. The number of hydrogen-bond donors (Lipinski definition) is 0. The fourth-order valence-electron chi connectivity index (χ4n) is 1.66. The quantitative estimate of drug-likeness (QED) is 0.707. The molecule has 0 saturated heterocycles. The van der Waals surface area contributed by atoms with Gasteiger partial charge in [0.1, 0.15) is 0 Å². The van der Waals surface area contributed by atoms with Crippen LogP contribution < -0.4 is 0 Å². The zero-order valence-electron chi connectivity index (χ0n) is 10.1. The van der Waals surface area contributed by atoms with Crippen LogP contribution >= 0.6 is 0 Å². The van der Waals surface area contributed by atoms with Crippen LogP contribution in [-0.2, 0) is 6.42 Å². The van der Waals surface area contributed by atoms with Crippen molar-refractivity contribution in [2.24, 2.45) is 0 Å². The van der Waals surface area contributed by atoms with Crippen molar-refractivity contribution in [3.63, 3.8) is 0 Å². The van der Waals surface area contributed by atoms with Crippen molar-refractivity contribution in [3.8, 4) is 0 Å². The van der Waals surface area contributed by atoms with Crippen LogP contribution in [0.15, 0.2) is 30.8 Å². The summed E-state index contributed by atoms with van der Waals surface area (Å²) in [6, 6.07) is 8.64. The number of hydrogen-bond acceptors (Lipinski definition) is 1. The Bertz CT molecular complexity index is 328. The van der Waals surface area contributed by atoms with E-state index in [1.807, 2.05) is 0 Å². The lowest BCUT2D eigenvalue weighted by molar-refractivity contribution is 0.478. The molecule has 0 radical (unpaired) electrons. The van der Waals surface area contributed by atoms with E-state index in [0.717, 1.165) is 25.1 Å². The van der Waals surface area contributed by atoms with E-state index in [4.69, 9.17) is 0 Å². The Morgan fingerprint density at radius 3 is 2.67 bits per heavy atom. The average molecular weight is 203 g/mol. The summed E-state index contributed by atoms with van der Waals surface area (Å²) >= 11 is 0. The van der Waals surface area contributed by atoms with E-state index in [2.05, 4.69) is 56.6 Å². The number of nitrogens with zero attached hydrogens (tertiary/aromatic N) is 1. The summed E-state index contributed by atoms with van der Waals surface area (Å²) in [4.78, 5) is 2.22. The molecule has 0 aliphatic carbocycles. The second kappa shape index (κ2) is 5.59. The van der Waals surface area contributed by atoms with Crippen LogP contribution in [0.1, 0.15) is 31.4 Å². The highest BCUT2D eigenvalue weighted by molar-refractivity contribution is 5.62. The fourth-order valence-corrected chi connectivity index (χ4v) is 1.66. The monoisotopic (exact) mass is 203 g/mol. The predicted molar refractivity (Wildman–Crippen MR) is 67.8 cm³/mol. The Kier molecular flexibility index (Phi) is 4.41. The first-order valence-electron chi connectivity index (χ1n) is 5.68. The largest absolute Gasteiger partial charge is 0.375 e. The summed E-state index contributed by atoms with van der Waals surface area (Å²) < 4.78 is 0. The molecule has 1 aromatic rings. The van der Waals surface area contributed by atoms with Gasteiger partial charge in [0.25, 0.3) is 0 Å². The number of benzene rings is 1. The van der Waals surface area contributed by atoms with Crippen molar-refractivity contribution >= 4 is 5.70 Å². The van der Waals surface area contributed by atoms with Gasteiger partial charge in [-0.05, 0) is 30.0 Å². The third-order valence-electron chi connectivity index (χ3n) is 2.69. The van der Waals surface area contributed by atoms with Crippen molar-refractivity contribution in [2.45, 2.75) is 26.7 Å². The molecule has 0 spiro atoms. The zero-order valence-corrected chi connectivity index (χ0v) is 10.1. The molecule has 0 unspecified atom stereocenters. The van der Waals surface area contributed by atoms with Gasteiger partial charge in [-0.15, -0.1) is 0 Å². The Labute approximate surface area is 93.4 Å². The first-order valence-corrected chi connectivity index (χ1v) is 5.68. The molecule has 0 heterocycles. The van der Waals surface area contributed by atoms with Crippen molar-refractivity contribution in [1.29, 1.82) is 0 Å². The first kappa shape index (κ1) is 11.8. The molecule has 1 aromatic carbocycles. The lowest BCUT2D eigenvalue weighted by Crippen LogP contribution is -2.16. The highest BCUT2D eigenvalue weighted by atomic mass is 15.1. The average Bonchev–Trinajstić information content (AvgIpc) is 2.28. The Morgan fingerprint density at radius 1 is 1.33 bits per heavy atom. The van der Waals surface area contributed by atoms with Gasteiger partial charge in [0.05, 0.1) is 0 Å². The van der Waals surface area contributed by atoms with E-state index < -0.39 is 0 Å². The lowest BCUT2D eigenvalue weighted by Gasteiger charge is -2.21. The second-order valence-electron chi connectivity index (χ2n) is 3.92. The van der Waals surface area contributed by atoms with Crippen LogP contribution in [-0.4, -0.2) is 18.5 Å². The summed E-state index contributed by atoms with van der Waals surface area (Å²) in [6.45, 7) is 9.57. The minimum Gasteiger partial charge on any atom is -0.375 e. The van der Waals surface area contributed by atoms with Crippen molar-refractivity contribution in [1.82, 2.24) is 4.90 Å². The zero-order chi connectivity index (χ0) is 11.3. The maximum absolute atomic E-state index is 4.14. The molecule has 0 aliphatic rings. The van der Waals surface area contributed by atoms with Gasteiger partial charge in [-0.3, -0.25) is 0 Å². The lowest BCUT2D eigenvalue weighted by atomic mass is 10.1. The fraction of sp³-hybridized carbons (Fsp3) is 0.429. The van der Waals surface area contributed by atoms with Gasteiger partial charge in [0.15, 0.2) is 0 Å². The number of rotatable bonds is 5. The van der Waals surface area contributed by atoms with Gasteiger partial charge in [0, 0.05) is 19.3 Å². The highest BCUT2D eigenvalue weighted by Gasteiger charge is 2.03. The van der Waals surface area contributed by atoms with E-state index in [1.54, 1.807) is 0 Å². The number of aryl methyl sites for hydroxylation is 1. The summed E-state index contributed by atoms with van der Waals surface area (Å²) in [5.41, 5.74) is 3.73. The maximum atomic E-state index is 4.14. The van der Waals surface area contributed by atoms with Gasteiger partial charge >= 0.3 is 0 Å². The van der Waals surface area contributed by atoms with Crippen LogP contribution in [0, 0.1) is 0 Å². The standard InChI is InChI=1S/C14H21N/c1-5-10-15(4)12(3)14-9-7-8-13(6-2)11-14/h7-9,11H,3,5-6,10H2,1-2,4H3. The normalized spacial score (nSPS) is 10.1.